The van der Waals surface area contributed by atoms with Gasteiger partial charge in [-0.15, -0.1) is 0 Å². The number of rotatable bonds is 4. The van der Waals surface area contributed by atoms with Crippen molar-refractivity contribution in [3.05, 3.63) is 47.5 Å². The summed E-state index contributed by atoms with van der Waals surface area (Å²) < 4.78 is 26.5. The number of hydrogen-bond acceptors (Lipinski definition) is 2. The molecule has 2 unspecified atom stereocenters. The number of nitrogens with zero attached hydrogens (tertiary/aromatic N) is 3. The molecule has 0 bridgehead atoms. The van der Waals surface area contributed by atoms with Gasteiger partial charge < -0.3 is 10.2 Å². The summed E-state index contributed by atoms with van der Waals surface area (Å²) >= 11 is 0. The van der Waals surface area contributed by atoms with E-state index in [-0.39, 0.29) is 5.92 Å². The van der Waals surface area contributed by atoms with Crippen molar-refractivity contribution < 1.29 is 8.78 Å². The Labute approximate surface area is 148 Å². The highest BCUT2D eigenvalue weighted by Gasteiger charge is 2.29. The summed E-state index contributed by atoms with van der Waals surface area (Å²) in [7, 11) is 1.79. The molecule has 0 saturated carbocycles. The van der Waals surface area contributed by atoms with Crippen LogP contribution in [0.5, 0.6) is 0 Å². The van der Waals surface area contributed by atoms with Crippen molar-refractivity contribution in [2.45, 2.75) is 25.3 Å². The minimum absolute atomic E-state index is 0.0630. The Morgan fingerprint density at radius 2 is 2.04 bits per heavy atom. The minimum atomic E-state index is -0.806. The summed E-state index contributed by atoms with van der Waals surface area (Å²) in [6, 6.07) is 4.67. The lowest BCUT2D eigenvalue weighted by Crippen LogP contribution is -2.43. The zero-order valence-corrected chi connectivity index (χ0v) is 14.9. The zero-order valence-electron chi connectivity index (χ0n) is 14.9. The zero-order chi connectivity index (χ0) is 17.8. The first-order valence-electron chi connectivity index (χ1n) is 8.88. The maximum Gasteiger partial charge on any atom is 0.193 e. The average Bonchev–Trinajstić information content (AvgIpc) is 3.29. The van der Waals surface area contributed by atoms with Gasteiger partial charge in [-0.05, 0) is 30.0 Å². The molecule has 4 nitrogen and oxygen atoms in total. The fourth-order valence-corrected chi connectivity index (χ4v) is 3.54. The van der Waals surface area contributed by atoms with Crippen LogP contribution in [-0.4, -0.2) is 61.6 Å². The van der Waals surface area contributed by atoms with E-state index in [2.05, 4.69) is 32.3 Å². The maximum absolute atomic E-state index is 13.4. The van der Waals surface area contributed by atoms with Crippen LogP contribution in [0, 0.1) is 11.6 Å². The predicted octanol–water partition coefficient (Wildman–Crippen LogP) is 2.59. The molecular weight excluding hydrogens is 322 g/mol. The molecule has 0 spiro atoms. The van der Waals surface area contributed by atoms with Gasteiger partial charge in [0.1, 0.15) is 0 Å². The fourth-order valence-electron chi connectivity index (χ4n) is 3.54. The van der Waals surface area contributed by atoms with E-state index in [9.17, 15) is 8.78 Å². The third-order valence-corrected chi connectivity index (χ3v) is 5.12. The standard InChI is InChI=1S/C19H26F2N4/c1-14(15-5-6-17(20)18(21)11-15)12-23-19(22-2)25-10-7-16(13-25)24-8-3-4-9-24/h3-6,11,14,16H,7-10,12-13H2,1-2H3,(H,22,23). The van der Waals surface area contributed by atoms with Crippen molar-refractivity contribution in [1.82, 2.24) is 15.1 Å². The van der Waals surface area contributed by atoms with E-state index in [0.717, 1.165) is 44.1 Å². The Morgan fingerprint density at radius 3 is 2.72 bits per heavy atom. The van der Waals surface area contributed by atoms with Crippen LogP contribution in [0.3, 0.4) is 0 Å². The number of guanidine groups is 1. The largest absolute Gasteiger partial charge is 0.356 e. The Bertz CT molecular complexity index is 651. The molecule has 1 N–H and O–H groups in total. The maximum atomic E-state index is 13.4. The molecule has 1 saturated heterocycles. The molecule has 1 aromatic rings. The molecule has 136 valence electrons. The SMILES string of the molecule is CN=C(NCC(C)c1ccc(F)c(F)c1)N1CCC(N2CC=CC2)C1. The van der Waals surface area contributed by atoms with Crippen molar-refractivity contribution in [2.75, 3.05) is 39.8 Å². The summed E-state index contributed by atoms with van der Waals surface area (Å²) in [5.74, 6) is -0.660. The normalized spacial score (nSPS) is 22.6. The monoisotopic (exact) mass is 348 g/mol. The average molecular weight is 348 g/mol. The number of hydrogen-bond donors (Lipinski definition) is 1. The van der Waals surface area contributed by atoms with Crippen LogP contribution in [0.1, 0.15) is 24.8 Å². The van der Waals surface area contributed by atoms with Gasteiger partial charge >= 0.3 is 0 Å². The molecular formula is C19H26F2N4. The lowest BCUT2D eigenvalue weighted by atomic mass is 10.0. The molecule has 2 atom stereocenters. The van der Waals surface area contributed by atoms with E-state index < -0.39 is 11.6 Å². The lowest BCUT2D eigenvalue weighted by molar-refractivity contribution is 0.259. The van der Waals surface area contributed by atoms with E-state index >= 15 is 0 Å². The Hall–Kier alpha value is -1.95. The molecule has 1 aromatic carbocycles. The van der Waals surface area contributed by atoms with Gasteiger partial charge in [0.2, 0.25) is 0 Å². The summed E-state index contributed by atoms with van der Waals surface area (Å²) in [5.41, 5.74) is 0.782. The molecule has 0 aromatic heterocycles. The minimum Gasteiger partial charge on any atom is -0.356 e. The van der Waals surface area contributed by atoms with Crippen LogP contribution < -0.4 is 5.32 Å². The summed E-state index contributed by atoms with van der Waals surface area (Å²) in [4.78, 5) is 9.15. The molecule has 0 aliphatic carbocycles. The van der Waals surface area contributed by atoms with Crippen LogP contribution in [0.2, 0.25) is 0 Å². The van der Waals surface area contributed by atoms with Gasteiger partial charge in [0, 0.05) is 45.8 Å². The molecule has 25 heavy (non-hydrogen) atoms. The summed E-state index contributed by atoms with van der Waals surface area (Å²) in [6.07, 6.45) is 5.58. The van der Waals surface area contributed by atoms with E-state index in [0.29, 0.717) is 12.6 Å². The molecule has 2 aliphatic rings. The van der Waals surface area contributed by atoms with Crippen molar-refractivity contribution in [1.29, 1.82) is 0 Å². The third kappa shape index (κ3) is 4.18. The predicted molar refractivity (Wildman–Crippen MR) is 96.8 cm³/mol. The molecule has 1 fully saturated rings. The van der Waals surface area contributed by atoms with E-state index in [1.807, 2.05) is 6.92 Å². The number of likely N-dealkylation sites (tertiary alicyclic amines) is 1. The van der Waals surface area contributed by atoms with Crippen LogP contribution >= 0.6 is 0 Å². The van der Waals surface area contributed by atoms with E-state index in [1.54, 1.807) is 13.1 Å². The van der Waals surface area contributed by atoms with Crippen molar-refractivity contribution in [2.24, 2.45) is 4.99 Å². The number of aliphatic imine (C=N–C) groups is 1. The Morgan fingerprint density at radius 1 is 1.28 bits per heavy atom. The Kier molecular flexibility index (Phi) is 5.68. The Balaban J connectivity index is 1.53. The molecule has 2 aliphatic heterocycles. The molecule has 0 amide bonds. The van der Waals surface area contributed by atoms with Gasteiger partial charge in [0.05, 0.1) is 0 Å². The molecule has 6 heteroatoms. The smallest absolute Gasteiger partial charge is 0.193 e. The highest BCUT2D eigenvalue weighted by molar-refractivity contribution is 5.80. The van der Waals surface area contributed by atoms with Gasteiger partial charge in [-0.1, -0.05) is 25.1 Å². The van der Waals surface area contributed by atoms with Crippen molar-refractivity contribution in [3.63, 3.8) is 0 Å². The second-order valence-electron chi connectivity index (χ2n) is 6.82. The first-order chi connectivity index (χ1) is 12.1. The number of nitrogens with one attached hydrogen (secondary N) is 1. The van der Waals surface area contributed by atoms with Gasteiger partial charge in [-0.25, -0.2) is 8.78 Å². The van der Waals surface area contributed by atoms with Gasteiger partial charge in [0.15, 0.2) is 17.6 Å². The second kappa shape index (κ2) is 7.95. The van der Waals surface area contributed by atoms with Crippen molar-refractivity contribution >= 4 is 5.96 Å². The molecule has 3 rings (SSSR count). The van der Waals surface area contributed by atoms with Crippen LogP contribution in [0.25, 0.3) is 0 Å². The highest BCUT2D eigenvalue weighted by Crippen LogP contribution is 2.19. The van der Waals surface area contributed by atoms with Gasteiger partial charge in [0.25, 0.3) is 0 Å². The number of benzene rings is 1. The quantitative estimate of drug-likeness (QED) is 0.515. The van der Waals surface area contributed by atoms with E-state index in [1.165, 1.54) is 12.1 Å². The fraction of sp³-hybridized carbons (Fsp3) is 0.526. The van der Waals surface area contributed by atoms with Gasteiger partial charge in [-0.2, -0.15) is 0 Å². The summed E-state index contributed by atoms with van der Waals surface area (Å²) in [5, 5.41) is 3.38. The number of halogens is 2. The molecule has 0 radical (unpaired) electrons. The second-order valence-corrected chi connectivity index (χ2v) is 6.82. The third-order valence-electron chi connectivity index (χ3n) is 5.12. The van der Waals surface area contributed by atoms with Crippen molar-refractivity contribution in [3.8, 4) is 0 Å². The highest BCUT2D eigenvalue weighted by atomic mass is 19.2. The van der Waals surface area contributed by atoms with Crippen LogP contribution in [-0.2, 0) is 0 Å². The first kappa shape index (κ1) is 17.9. The van der Waals surface area contributed by atoms with Crippen LogP contribution in [0.15, 0.2) is 35.3 Å². The van der Waals surface area contributed by atoms with E-state index in [4.69, 9.17) is 0 Å². The topological polar surface area (TPSA) is 30.9 Å². The summed E-state index contributed by atoms with van der Waals surface area (Å²) in [6.45, 7) is 6.66. The van der Waals surface area contributed by atoms with Crippen LogP contribution in [0.4, 0.5) is 8.78 Å². The van der Waals surface area contributed by atoms with Gasteiger partial charge in [-0.3, -0.25) is 9.89 Å². The molecule has 2 heterocycles. The lowest BCUT2D eigenvalue weighted by Gasteiger charge is -2.26. The first-order valence-corrected chi connectivity index (χ1v) is 8.88.